The van der Waals surface area contributed by atoms with Gasteiger partial charge in [-0.25, -0.2) is 0 Å². The van der Waals surface area contributed by atoms with Gasteiger partial charge in [-0.15, -0.1) is 24.8 Å². The summed E-state index contributed by atoms with van der Waals surface area (Å²) < 4.78 is 0. The van der Waals surface area contributed by atoms with Crippen LogP contribution in [0.2, 0.25) is 0 Å². The molecule has 2 rings (SSSR count). The summed E-state index contributed by atoms with van der Waals surface area (Å²) in [5, 5.41) is 5.40. The highest BCUT2D eigenvalue weighted by molar-refractivity contribution is 5.87. The first-order valence-corrected chi connectivity index (χ1v) is 9.95. The number of benzene rings is 1. The van der Waals surface area contributed by atoms with E-state index in [0.29, 0.717) is 6.54 Å². The number of piperidine rings is 1. The molecule has 8 heteroatoms. The maximum absolute atomic E-state index is 11.9. The zero-order chi connectivity index (χ0) is 19.8. The van der Waals surface area contributed by atoms with Crippen molar-refractivity contribution in [2.24, 2.45) is 17.6 Å². The number of hydrogen-bond acceptors (Lipinski definition) is 4. The second-order valence-electron chi connectivity index (χ2n) is 8.04. The second kappa shape index (κ2) is 13.8. The number of nitrogens with one attached hydrogen (secondary N) is 2. The topological polar surface area (TPSA) is 87.5 Å². The lowest BCUT2D eigenvalue weighted by molar-refractivity contribution is -0.127. The molecular formula is C21H36Cl2N4O2. The van der Waals surface area contributed by atoms with Gasteiger partial charge in [-0.05, 0) is 48.9 Å². The highest BCUT2D eigenvalue weighted by Crippen LogP contribution is 2.18. The van der Waals surface area contributed by atoms with Crippen molar-refractivity contribution < 1.29 is 9.59 Å². The van der Waals surface area contributed by atoms with E-state index in [4.69, 9.17) is 5.73 Å². The van der Waals surface area contributed by atoms with E-state index in [2.05, 4.69) is 46.7 Å². The van der Waals surface area contributed by atoms with Gasteiger partial charge in [0, 0.05) is 13.1 Å². The number of nitrogens with zero attached hydrogens (tertiary/aromatic N) is 1. The van der Waals surface area contributed by atoms with Crippen LogP contribution in [0.15, 0.2) is 24.3 Å². The summed E-state index contributed by atoms with van der Waals surface area (Å²) in [5.74, 6) is 0.375. The summed E-state index contributed by atoms with van der Waals surface area (Å²) in [6.07, 6.45) is 2.56. The Bertz CT molecular complexity index is 618. The van der Waals surface area contributed by atoms with E-state index in [1.54, 1.807) is 0 Å². The molecule has 1 aromatic carbocycles. The van der Waals surface area contributed by atoms with Crippen LogP contribution in [0.4, 0.5) is 0 Å². The third-order valence-electron chi connectivity index (χ3n) is 5.24. The molecule has 0 radical (unpaired) electrons. The van der Waals surface area contributed by atoms with Crippen molar-refractivity contribution in [2.75, 3.05) is 19.6 Å². The summed E-state index contributed by atoms with van der Waals surface area (Å²) in [4.78, 5) is 26.2. The monoisotopic (exact) mass is 446 g/mol. The maximum Gasteiger partial charge on any atom is 0.239 e. The smallest absolute Gasteiger partial charge is 0.239 e. The fraction of sp³-hybridized carbons (Fsp3) is 0.619. The minimum Gasteiger partial charge on any atom is -0.350 e. The molecule has 1 aromatic rings. The Morgan fingerprint density at radius 2 is 1.62 bits per heavy atom. The zero-order valence-corrected chi connectivity index (χ0v) is 19.3. The van der Waals surface area contributed by atoms with Crippen LogP contribution in [0.3, 0.4) is 0 Å². The van der Waals surface area contributed by atoms with Crippen molar-refractivity contribution in [1.29, 1.82) is 0 Å². The van der Waals surface area contributed by atoms with Crippen LogP contribution < -0.4 is 16.4 Å². The van der Waals surface area contributed by atoms with Gasteiger partial charge in [-0.1, -0.05) is 45.0 Å². The van der Waals surface area contributed by atoms with Crippen LogP contribution in [-0.4, -0.2) is 42.4 Å². The van der Waals surface area contributed by atoms with Crippen LogP contribution in [0.1, 0.15) is 44.7 Å². The van der Waals surface area contributed by atoms with Crippen LogP contribution >= 0.6 is 24.8 Å². The first kappa shape index (κ1) is 27.7. The molecule has 2 amide bonds. The molecule has 1 heterocycles. The van der Waals surface area contributed by atoms with Gasteiger partial charge in [0.15, 0.2) is 0 Å². The van der Waals surface area contributed by atoms with E-state index in [-0.39, 0.29) is 49.1 Å². The van der Waals surface area contributed by atoms with E-state index < -0.39 is 6.04 Å². The van der Waals surface area contributed by atoms with Gasteiger partial charge >= 0.3 is 0 Å². The number of halogens is 2. The van der Waals surface area contributed by atoms with Gasteiger partial charge < -0.3 is 16.4 Å². The van der Waals surface area contributed by atoms with E-state index >= 15 is 0 Å². The van der Waals surface area contributed by atoms with Crippen LogP contribution in [0.25, 0.3) is 0 Å². The molecule has 1 fully saturated rings. The average Bonchev–Trinajstić information content (AvgIpc) is 2.66. The molecule has 0 bridgehead atoms. The zero-order valence-electron chi connectivity index (χ0n) is 17.6. The Kier molecular flexibility index (Phi) is 13.2. The number of carbonyl (C=O) groups excluding carboxylic acids is 2. The van der Waals surface area contributed by atoms with Crippen molar-refractivity contribution in [3.8, 4) is 0 Å². The minimum atomic E-state index is -0.589. The summed E-state index contributed by atoms with van der Waals surface area (Å²) in [7, 11) is 0. The van der Waals surface area contributed by atoms with Crippen LogP contribution in [0.5, 0.6) is 0 Å². The molecule has 1 aliphatic heterocycles. The SMILES string of the molecule is CC1CCN(Cc2ccc(CNC(=O)CNC(=O)[C@@H](N)C(C)C)cc2)CC1.Cl.Cl. The fourth-order valence-electron chi connectivity index (χ4n) is 3.09. The lowest BCUT2D eigenvalue weighted by atomic mass is 9.99. The molecule has 0 saturated carbocycles. The van der Waals surface area contributed by atoms with E-state index in [1.807, 2.05) is 13.8 Å². The Labute approximate surface area is 187 Å². The minimum absolute atomic E-state index is 0. The third kappa shape index (κ3) is 9.81. The quantitative estimate of drug-likeness (QED) is 0.572. The first-order chi connectivity index (χ1) is 12.8. The molecule has 6 nitrogen and oxygen atoms in total. The molecule has 166 valence electrons. The molecule has 29 heavy (non-hydrogen) atoms. The van der Waals surface area contributed by atoms with Crippen molar-refractivity contribution in [3.63, 3.8) is 0 Å². The fourth-order valence-corrected chi connectivity index (χ4v) is 3.09. The molecule has 0 spiro atoms. The summed E-state index contributed by atoms with van der Waals surface area (Å²) in [6, 6.07) is 7.77. The normalized spacial score (nSPS) is 15.8. The summed E-state index contributed by atoms with van der Waals surface area (Å²) in [5.41, 5.74) is 8.10. The number of amides is 2. The highest BCUT2D eigenvalue weighted by atomic mass is 35.5. The first-order valence-electron chi connectivity index (χ1n) is 9.95. The van der Waals surface area contributed by atoms with Gasteiger partial charge in [-0.3, -0.25) is 14.5 Å². The van der Waals surface area contributed by atoms with Gasteiger partial charge in [0.25, 0.3) is 0 Å². The van der Waals surface area contributed by atoms with Crippen molar-refractivity contribution in [3.05, 3.63) is 35.4 Å². The molecule has 1 aliphatic rings. The van der Waals surface area contributed by atoms with Crippen molar-refractivity contribution in [1.82, 2.24) is 15.5 Å². The molecule has 1 saturated heterocycles. The molecule has 0 aromatic heterocycles. The standard InChI is InChI=1S/C21H34N4O2.2ClH/c1-15(2)20(22)21(27)24-13-19(26)23-12-17-4-6-18(7-5-17)14-25-10-8-16(3)9-11-25;;/h4-7,15-16,20H,8-14,22H2,1-3H3,(H,23,26)(H,24,27);2*1H/t20-;;/m0../s1. The Hall–Kier alpha value is -1.34. The third-order valence-corrected chi connectivity index (χ3v) is 5.24. The largest absolute Gasteiger partial charge is 0.350 e. The summed E-state index contributed by atoms with van der Waals surface area (Å²) in [6.45, 7) is 9.80. The lowest BCUT2D eigenvalue weighted by Gasteiger charge is -2.30. The summed E-state index contributed by atoms with van der Waals surface area (Å²) >= 11 is 0. The van der Waals surface area contributed by atoms with Gasteiger partial charge in [0.1, 0.15) is 0 Å². The number of hydrogen-bond donors (Lipinski definition) is 3. The lowest BCUT2D eigenvalue weighted by Crippen LogP contribution is -2.47. The number of rotatable bonds is 8. The Balaban J connectivity index is 0.00000392. The van der Waals surface area contributed by atoms with Gasteiger partial charge in [-0.2, -0.15) is 0 Å². The number of likely N-dealkylation sites (tertiary alicyclic amines) is 1. The number of nitrogens with two attached hydrogens (primary N) is 1. The average molecular weight is 447 g/mol. The molecular weight excluding hydrogens is 411 g/mol. The van der Waals surface area contributed by atoms with Crippen molar-refractivity contribution >= 4 is 36.6 Å². The van der Waals surface area contributed by atoms with E-state index in [1.165, 1.54) is 31.5 Å². The Morgan fingerprint density at radius 1 is 1.07 bits per heavy atom. The van der Waals surface area contributed by atoms with Crippen LogP contribution in [0, 0.1) is 11.8 Å². The predicted octanol–water partition coefficient (Wildman–Crippen LogP) is 2.48. The molecule has 0 aliphatic carbocycles. The maximum atomic E-state index is 11.9. The van der Waals surface area contributed by atoms with E-state index in [0.717, 1.165) is 18.0 Å². The second-order valence-corrected chi connectivity index (χ2v) is 8.04. The highest BCUT2D eigenvalue weighted by Gasteiger charge is 2.17. The Morgan fingerprint density at radius 3 is 2.17 bits per heavy atom. The molecule has 4 N–H and O–H groups in total. The predicted molar refractivity (Wildman–Crippen MR) is 122 cm³/mol. The molecule has 1 atom stereocenters. The molecule has 0 unspecified atom stereocenters. The van der Waals surface area contributed by atoms with Crippen molar-refractivity contribution in [2.45, 2.75) is 52.7 Å². The van der Waals surface area contributed by atoms with Gasteiger partial charge in [0.2, 0.25) is 11.8 Å². The number of carbonyl (C=O) groups is 2. The van der Waals surface area contributed by atoms with E-state index in [9.17, 15) is 9.59 Å². The van der Waals surface area contributed by atoms with Gasteiger partial charge in [0.05, 0.1) is 12.6 Å². The van der Waals surface area contributed by atoms with Crippen LogP contribution in [-0.2, 0) is 22.7 Å².